The summed E-state index contributed by atoms with van der Waals surface area (Å²) in [5.74, 6) is -1.30. The van der Waals surface area contributed by atoms with E-state index in [-0.39, 0.29) is 11.9 Å². The van der Waals surface area contributed by atoms with Gasteiger partial charge in [-0.25, -0.2) is 0 Å². The molecule has 2 rings (SSSR count). The standard InChI is InChI=1S/C15H19NO3/c1-10-3-5-12(6-4-10)9-16-13(7-8-14(16)17)11(2)15(18)19/h3-6,11,13H,7-9H2,1-2H3,(H,18,19). The van der Waals surface area contributed by atoms with Gasteiger partial charge in [0.05, 0.1) is 5.92 Å². The van der Waals surface area contributed by atoms with Crippen molar-refractivity contribution in [2.75, 3.05) is 0 Å². The van der Waals surface area contributed by atoms with Crippen molar-refractivity contribution in [2.45, 2.75) is 39.3 Å². The van der Waals surface area contributed by atoms with Crippen molar-refractivity contribution in [3.05, 3.63) is 35.4 Å². The third kappa shape index (κ3) is 2.95. The monoisotopic (exact) mass is 261 g/mol. The average Bonchev–Trinajstić information content (AvgIpc) is 2.73. The lowest BCUT2D eigenvalue weighted by molar-refractivity contribution is -0.144. The molecule has 0 saturated carbocycles. The first kappa shape index (κ1) is 13.6. The van der Waals surface area contributed by atoms with Gasteiger partial charge in [0.2, 0.25) is 5.91 Å². The molecule has 1 aromatic carbocycles. The highest BCUT2D eigenvalue weighted by Crippen LogP contribution is 2.27. The molecule has 4 heteroatoms. The van der Waals surface area contributed by atoms with E-state index in [1.54, 1.807) is 11.8 Å². The Morgan fingerprint density at radius 1 is 1.42 bits per heavy atom. The van der Waals surface area contributed by atoms with E-state index in [9.17, 15) is 9.59 Å². The summed E-state index contributed by atoms with van der Waals surface area (Å²) in [6, 6.07) is 7.80. The number of amides is 1. The summed E-state index contributed by atoms with van der Waals surface area (Å²) in [6.45, 7) is 4.19. The molecule has 1 N–H and O–H groups in total. The van der Waals surface area contributed by atoms with E-state index in [0.29, 0.717) is 19.4 Å². The van der Waals surface area contributed by atoms with E-state index in [4.69, 9.17) is 5.11 Å². The van der Waals surface area contributed by atoms with E-state index in [0.717, 1.165) is 5.56 Å². The number of aliphatic carboxylic acids is 1. The molecule has 1 aromatic rings. The fourth-order valence-electron chi connectivity index (χ4n) is 2.54. The van der Waals surface area contributed by atoms with Crippen LogP contribution in [0.5, 0.6) is 0 Å². The highest BCUT2D eigenvalue weighted by molar-refractivity contribution is 5.80. The zero-order valence-corrected chi connectivity index (χ0v) is 11.3. The van der Waals surface area contributed by atoms with E-state index in [1.807, 2.05) is 31.2 Å². The fraction of sp³-hybridized carbons (Fsp3) is 0.467. The van der Waals surface area contributed by atoms with Gasteiger partial charge in [-0.05, 0) is 25.8 Å². The van der Waals surface area contributed by atoms with Crippen LogP contribution < -0.4 is 0 Å². The number of likely N-dealkylation sites (tertiary alicyclic amines) is 1. The summed E-state index contributed by atoms with van der Waals surface area (Å²) in [6.07, 6.45) is 1.09. The zero-order chi connectivity index (χ0) is 14.0. The smallest absolute Gasteiger partial charge is 0.308 e. The molecule has 1 aliphatic rings. The predicted molar refractivity (Wildman–Crippen MR) is 71.6 cm³/mol. The van der Waals surface area contributed by atoms with Gasteiger partial charge < -0.3 is 10.0 Å². The van der Waals surface area contributed by atoms with Gasteiger partial charge in [0, 0.05) is 19.0 Å². The van der Waals surface area contributed by atoms with Crippen LogP contribution in [0.3, 0.4) is 0 Å². The Labute approximate surface area is 113 Å². The van der Waals surface area contributed by atoms with Crippen molar-refractivity contribution in [1.29, 1.82) is 0 Å². The number of benzene rings is 1. The van der Waals surface area contributed by atoms with Crippen LogP contribution >= 0.6 is 0 Å². The minimum atomic E-state index is -0.839. The van der Waals surface area contributed by atoms with Gasteiger partial charge in [-0.2, -0.15) is 0 Å². The topological polar surface area (TPSA) is 57.6 Å². The second-order valence-corrected chi connectivity index (χ2v) is 5.24. The third-order valence-electron chi connectivity index (χ3n) is 3.81. The molecule has 19 heavy (non-hydrogen) atoms. The third-order valence-corrected chi connectivity index (χ3v) is 3.81. The quantitative estimate of drug-likeness (QED) is 0.904. The number of carboxylic acid groups (broad SMARTS) is 1. The fourth-order valence-corrected chi connectivity index (χ4v) is 2.54. The van der Waals surface area contributed by atoms with Gasteiger partial charge in [-0.1, -0.05) is 29.8 Å². The minimum Gasteiger partial charge on any atom is -0.481 e. The van der Waals surface area contributed by atoms with Gasteiger partial charge in [0.15, 0.2) is 0 Å². The highest BCUT2D eigenvalue weighted by Gasteiger charge is 2.37. The summed E-state index contributed by atoms with van der Waals surface area (Å²) in [5.41, 5.74) is 2.22. The molecule has 1 aliphatic heterocycles. The lowest BCUT2D eigenvalue weighted by Gasteiger charge is -2.27. The summed E-state index contributed by atoms with van der Waals surface area (Å²) >= 11 is 0. The maximum atomic E-state index is 11.9. The number of aryl methyl sites for hydroxylation is 1. The lowest BCUT2D eigenvalue weighted by atomic mass is 9.99. The molecule has 0 bridgehead atoms. The molecule has 0 radical (unpaired) electrons. The molecule has 1 fully saturated rings. The molecule has 2 unspecified atom stereocenters. The first-order valence-corrected chi connectivity index (χ1v) is 6.57. The summed E-state index contributed by atoms with van der Waals surface area (Å²) in [5, 5.41) is 9.11. The number of rotatable bonds is 4. The first-order chi connectivity index (χ1) is 8.99. The number of hydrogen-bond acceptors (Lipinski definition) is 2. The maximum Gasteiger partial charge on any atom is 0.308 e. The van der Waals surface area contributed by atoms with Crippen molar-refractivity contribution >= 4 is 11.9 Å². The van der Waals surface area contributed by atoms with Crippen LogP contribution in [0.1, 0.15) is 30.9 Å². The molecule has 4 nitrogen and oxygen atoms in total. The molecular weight excluding hydrogens is 242 g/mol. The van der Waals surface area contributed by atoms with Gasteiger partial charge >= 0.3 is 5.97 Å². The Kier molecular flexibility index (Phi) is 3.88. The Balaban J connectivity index is 2.13. The molecule has 2 atom stereocenters. The molecule has 1 amide bonds. The highest BCUT2D eigenvalue weighted by atomic mass is 16.4. The Hall–Kier alpha value is -1.84. The van der Waals surface area contributed by atoms with Crippen molar-refractivity contribution < 1.29 is 14.7 Å². The maximum absolute atomic E-state index is 11.9. The van der Waals surface area contributed by atoms with E-state index < -0.39 is 11.9 Å². The van der Waals surface area contributed by atoms with Gasteiger partial charge in [-0.15, -0.1) is 0 Å². The van der Waals surface area contributed by atoms with Crippen LogP contribution in [0, 0.1) is 12.8 Å². The normalized spacial score (nSPS) is 20.6. The van der Waals surface area contributed by atoms with E-state index in [1.165, 1.54) is 5.56 Å². The van der Waals surface area contributed by atoms with Gasteiger partial charge in [0.1, 0.15) is 0 Å². The second kappa shape index (κ2) is 5.43. The van der Waals surface area contributed by atoms with Crippen molar-refractivity contribution in [1.82, 2.24) is 4.90 Å². The molecule has 0 spiro atoms. The second-order valence-electron chi connectivity index (χ2n) is 5.24. The van der Waals surface area contributed by atoms with Crippen molar-refractivity contribution in [3.8, 4) is 0 Å². The molecule has 1 heterocycles. The zero-order valence-electron chi connectivity index (χ0n) is 11.3. The van der Waals surface area contributed by atoms with Crippen molar-refractivity contribution in [2.24, 2.45) is 5.92 Å². The summed E-state index contributed by atoms with van der Waals surface area (Å²) in [7, 11) is 0. The average molecular weight is 261 g/mol. The molecular formula is C15H19NO3. The molecule has 1 saturated heterocycles. The van der Waals surface area contributed by atoms with E-state index in [2.05, 4.69) is 0 Å². The van der Waals surface area contributed by atoms with Crippen LogP contribution in [0.15, 0.2) is 24.3 Å². The number of carboxylic acids is 1. The minimum absolute atomic E-state index is 0.0543. The number of carbonyl (C=O) groups is 2. The Morgan fingerprint density at radius 2 is 2.05 bits per heavy atom. The van der Waals surface area contributed by atoms with Crippen LogP contribution in [-0.4, -0.2) is 27.9 Å². The van der Waals surface area contributed by atoms with Gasteiger partial charge in [0.25, 0.3) is 0 Å². The predicted octanol–water partition coefficient (Wildman–Crippen LogP) is 2.21. The van der Waals surface area contributed by atoms with Crippen LogP contribution in [0.4, 0.5) is 0 Å². The van der Waals surface area contributed by atoms with Crippen LogP contribution in [0.25, 0.3) is 0 Å². The summed E-state index contributed by atoms with van der Waals surface area (Å²) < 4.78 is 0. The first-order valence-electron chi connectivity index (χ1n) is 6.57. The van der Waals surface area contributed by atoms with Crippen LogP contribution in [-0.2, 0) is 16.1 Å². The molecule has 0 aliphatic carbocycles. The van der Waals surface area contributed by atoms with Crippen molar-refractivity contribution in [3.63, 3.8) is 0 Å². The van der Waals surface area contributed by atoms with Crippen LogP contribution in [0.2, 0.25) is 0 Å². The number of nitrogens with zero attached hydrogens (tertiary/aromatic N) is 1. The molecule has 0 aromatic heterocycles. The SMILES string of the molecule is Cc1ccc(CN2C(=O)CCC2C(C)C(=O)O)cc1. The van der Waals surface area contributed by atoms with Gasteiger partial charge in [-0.3, -0.25) is 9.59 Å². The number of hydrogen-bond donors (Lipinski definition) is 1. The number of carbonyl (C=O) groups excluding carboxylic acids is 1. The molecule has 102 valence electrons. The Bertz CT molecular complexity index is 481. The Morgan fingerprint density at radius 3 is 2.63 bits per heavy atom. The lowest BCUT2D eigenvalue weighted by Crippen LogP contribution is -2.39. The van der Waals surface area contributed by atoms with E-state index >= 15 is 0 Å². The largest absolute Gasteiger partial charge is 0.481 e. The summed E-state index contributed by atoms with van der Waals surface area (Å²) in [4.78, 5) is 24.7.